The summed E-state index contributed by atoms with van der Waals surface area (Å²) in [6.45, 7) is 4.28. The first kappa shape index (κ1) is 9.78. The second-order valence-corrected chi connectivity index (χ2v) is 5.68. The van der Waals surface area contributed by atoms with Crippen LogP contribution in [0.1, 0.15) is 29.8 Å². The largest absolute Gasteiger partial charge is 0.293 e. The third-order valence-electron chi connectivity index (χ3n) is 2.42. The van der Waals surface area contributed by atoms with E-state index in [0.29, 0.717) is 11.0 Å². The van der Waals surface area contributed by atoms with Crippen LogP contribution in [-0.4, -0.2) is 16.3 Å². The number of carbonyl (C=O) groups is 1. The van der Waals surface area contributed by atoms with Gasteiger partial charge >= 0.3 is 0 Å². The van der Waals surface area contributed by atoms with Gasteiger partial charge in [0, 0.05) is 5.56 Å². The van der Waals surface area contributed by atoms with E-state index in [1.807, 2.05) is 18.2 Å². The predicted molar refractivity (Wildman–Crippen MR) is 61.0 cm³/mol. The monoisotopic (exact) mass is 206 g/mol. The summed E-state index contributed by atoms with van der Waals surface area (Å²) in [4.78, 5) is 11.9. The lowest BCUT2D eigenvalue weighted by atomic mass is 10.1. The molecule has 1 atom stereocenters. The summed E-state index contributed by atoms with van der Waals surface area (Å²) in [5, 5.41) is 0.686. The number of hydrogen-bond donors (Lipinski definition) is 0. The van der Waals surface area contributed by atoms with Gasteiger partial charge in [-0.15, -0.1) is 11.8 Å². The van der Waals surface area contributed by atoms with Crippen LogP contribution >= 0.6 is 11.8 Å². The highest BCUT2D eigenvalue weighted by molar-refractivity contribution is 8.01. The second kappa shape index (κ2) is 3.77. The number of fused-ring (bicyclic) bond motifs is 1. The minimum absolute atomic E-state index is 0.160. The number of hydrogen-bond acceptors (Lipinski definition) is 2. The number of benzene rings is 1. The Hall–Kier alpha value is -0.760. The van der Waals surface area contributed by atoms with Crippen molar-refractivity contribution in [3.05, 3.63) is 35.4 Å². The maximum absolute atomic E-state index is 11.9. The van der Waals surface area contributed by atoms with Gasteiger partial charge in [-0.05, 0) is 17.2 Å². The van der Waals surface area contributed by atoms with Crippen LogP contribution in [0.2, 0.25) is 0 Å². The molecule has 0 N–H and O–H groups in total. The van der Waals surface area contributed by atoms with Gasteiger partial charge in [0.25, 0.3) is 0 Å². The lowest BCUT2D eigenvalue weighted by Crippen LogP contribution is -2.13. The highest BCUT2D eigenvalue weighted by Gasteiger charge is 2.30. The molecule has 74 valence electrons. The fraction of sp³-hybridized carbons (Fsp3) is 0.417. The van der Waals surface area contributed by atoms with Gasteiger partial charge in [-0.1, -0.05) is 38.1 Å². The zero-order valence-electron chi connectivity index (χ0n) is 8.49. The molecule has 2 heteroatoms. The minimum atomic E-state index is 0.160. The summed E-state index contributed by atoms with van der Waals surface area (Å²) < 4.78 is 0. The number of ketones is 1. The van der Waals surface area contributed by atoms with Crippen molar-refractivity contribution in [2.75, 3.05) is 0 Å². The van der Waals surface area contributed by atoms with Gasteiger partial charge in [0.05, 0.1) is 5.25 Å². The summed E-state index contributed by atoms with van der Waals surface area (Å²) in [6.07, 6.45) is 0.915. The molecule has 0 bridgehead atoms. The van der Waals surface area contributed by atoms with Crippen LogP contribution < -0.4 is 0 Å². The van der Waals surface area contributed by atoms with Crippen LogP contribution in [0.3, 0.4) is 0 Å². The number of Topliss-reactive ketones (excluding diaryl/α,β-unsaturated/α-hetero) is 1. The molecule has 0 radical (unpaired) electrons. The lowest BCUT2D eigenvalue weighted by Gasteiger charge is -2.09. The fourth-order valence-electron chi connectivity index (χ4n) is 1.84. The third kappa shape index (κ3) is 1.71. The van der Waals surface area contributed by atoms with Crippen molar-refractivity contribution >= 4 is 17.5 Å². The molecule has 0 fully saturated rings. The van der Waals surface area contributed by atoms with E-state index in [-0.39, 0.29) is 5.25 Å². The van der Waals surface area contributed by atoms with Crippen LogP contribution in [0.15, 0.2) is 24.3 Å². The first-order valence-electron chi connectivity index (χ1n) is 4.96. The summed E-state index contributed by atoms with van der Waals surface area (Å²) in [5.41, 5.74) is 2.15. The molecule has 0 aliphatic heterocycles. The van der Waals surface area contributed by atoms with Crippen molar-refractivity contribution in [2.24, 2.45) is 0 Å². The summed E-state index contributed by atoms with van der Waals surface area (Å²) in [6, 6.07) is 7.96. The second-order valence-electron chi connectivity index (χ2n) is 3.90. The number of thioether (sulfide) groups is 1. The highest BCUT2D eigenvalue weighted by Crippen LogP contribution is 2.31. The topological polar surface area (TPSA) is 17.1 Å². The van der Waals surface area contributed by atoms with E-state index in [9.17, 15) is 4.79 Å². The smallest absolute Gasteiger partial charge is 0.176 e. The summed E-state index contributed by atoms with van der Waals surface area (Å²) in [5.74, 6) is 0.319. The first-order chi connectivity index (χ1) is 6.68. The van der Waals surface area contributed by atoms with Gasteiger partial charge in [-0.2, -0.15) is 0 Å². The van der Waals surface area contributed by atoms with E-state index in [0.717, 1.165) is 12.0 Å². The van der Waals surface area contributed by atoms with Gasteiger partial charge in [0.1, 0.15) is 0 Å². The molecule has 0 saturated carbocycles. The fourth-order valence-corrected chi connectivity index (χ4v) is 3.03. The Morgan fingerprint density at radius 2 is 2.07 bits per heavy atom. The maximum Gasteiger partial charge on any atom is 0.176 e. The Labute approximate surface area is 88.9 Å². The molecule has 1 aromatic carbocycles. The third-order valence-corrected chi connectivity index (χ3v) is 3.67. The highest BCUT2D eigenvalue weighted by atomic mass is 32.2. The molecule has 0 aromatic heterocycles. The van der Waals surface area contributed by atoms with Gasteiger partial charge < -0.3 is 0 Å². The van der Waals surface area contributed by atoms with E-state index in [4.69, 9.17) is 0 Å². The van der Waals surface area contributed by atoms with Crippen LogP contribution in [0.25, 0.3) is 0 Å². The van der Waals surface area contributed by atoms with Crippen molar-refractivity contribution < 1.29 is 4.79 Å². The summed E-state index contributed by atoms with van der Waals surface area (Å²) in [7, 11) is 0. The zero-order chi connectivity index (χ0) is 10.1. The van der Waals surface area contributed by atoms with Crippen molar-refractivity contribution in [1.82, 2.24) is 0 Å². The Morgan fingerprint density at radius 3 is 2.71 bits per heavy atom. The molecule has 1 aliphatic rings. The van der Waals surface area contributed by atoms with Crippen molar-refractivity contribution in [2.45, 2.75) is 30.8 Å². The molecule has 0 amide bonds. The SMILES string of the molecule is CC(C)SC1Cc2ccccc2C1=O. The van der Waals surface area contributed by atoms with E-state index < -0.39 is 0 Å². The standard InChI is InChI=1S/C12H14OS/c1-8(2)14-11-7-9-5-3-4-6-10(9)12(11)13/h3-6,8,11H,7H2,1-2H3. The zero-order valence-corrected chi connectivity index (χ0v) is 9.30. The molecule has 0 heterocycles. The Bertz CT molecular complexity index is 357. The van der Waals surface area contributed by atoms with Crippen LogP contribution in [0, 0.1) is 0 Å². The molecule has 1 unspecified atom stereocenters. The molecule has 0 spiro atoms. The molecule has 0 saturated heterocycles. The number of carbonyl (C=O) groups excluding carboxylic acids is 1. The van der Waals surface area contributed by atoms with Crippen LogP contribution in [0.5, 0.6) is 0 Å². The van der Waals surface area contributed by atoms with E-state index in [2.05, 4.69) is 19.9 Å². The van der Waals surface area contributed by atoms with Crippen LogP contribution in [-0.2, 0) is 6.42 Å². The lowest BCUT2D eigenvalue weighted by molar-refractivity contribution is 0.1000. The first-order valence-corrected chi connectivity index (χ1v) is 5.90. The number of rotatable bonds is 2. The molecule has 1 aliphatic carbocycles. The van der Waals surface area contributed by atoms with Crippen LogP contribution in [0.4, 0.5) is 0 Å². The van der Waals surface area contributed by atoms with Crippen molar-refractivity contribution in [1.29, 1.82) is 0 Å². The van der Waals surface area contributed by atoms with Gasteiger partial charge in [0.2, 0.25) is 0 Å². The molecular weight excluding hydrogens is 192 g/mol. The van der Waals surface area contributed by atoms with E-state index in [1.165, 1.54) is 5.56 Å². The predicted octanol–water partition coefficient (Wildman–Crippen LogP) is 2.94. The van der Waals surface area contributed by atoms with Gasteiger partial charge in [0.15, 0.2) is 5.78 Å². The molecule has 2 rings (SSSR count). The average molecular weight is 206 g/mol. The Morgan fingerprint density at radius 1 is 1.36 bits per heavy atom. The molecular formula is C12H14OS. The normalized spacial score (nSPS) is 20.2. The van der Waals surface area contributed by atoms with Gasteiger partial charge in [-0.3, -0.25) is 4.79 Å². The van der Waals surface area contributed by atoms with Crippen molar-refractivity contribution in [3.8, 4) is 0 Å². The Balaban J connectivity index is 2.21. The van der Waals surface area contributed by atoms with E-state index >= 15 is 0 Å². The average Bonchev–Trinajstić information content (AvgIpc) is 2.44. The molecule has 1 nitrogen and oxygen atoms in total. The Kier molecular flexibility index (Phi) is 2.64. The summed E-state index contributed by atoms with van der Waals surface area (Å²) >= 11 is 1.78. The van der Waals surface area contributed by atoms with E-state index in [1.54, 1.807) is 11.8 Å². The minimum Gasteiger partial charge on any atom is -0.293 e. The molecule has 1 aromatic rings. The van der Waals surface area contributed by atoms with Gasteiger partial charge in [-0.25, -0.2) is 0 Å². The maximum atomic E-state index is 11.9. The quantitative estimate of drug-likeness (QED) is 0.740. The van der Waals surface area contributed by atoms with Crippen molar-refractivity contribution in [3.63, 3.8) is 0 Å². The molecule has 14 heavy (non-hydrogen) atoms.